The quantitative estimate of drug-likeness (QED) is 0.754. The largest absolute Gasteiger partial charge is 0.481 e. The zero-order valence-electron chi connectivity index (χ0n) is 10.1. The molecule has 0 radical (unpaired) electrons. The van der Waals surface area contributed by atoms with Gasteiger partial charge >= 0.3 is 5.97 Å². The van der Waals surface area contributed by atoms with E-state index in [2.05, 4.69) is 4.90 Å². The van der Waals surface area contributed by atoms with Crippen LogP contribution in [0.1, 0.15) is 32.1 Å². The Labute approximate surface area is 105 Å². The molecule has 0 aromatic rings. The van der Waals surface area contributed by atoms with Gasteiger partial charge in [-0.2, -0.15) is 0 Å². The first-order valence-corrected chi connectivity index (χ1v) is 7.99. The van der Waals surface area contributed by atoms with E-state index >= 15 is 0 Å². The van der Waals surface area contributed by atoms with Crippen molar-refractivity contribution in [1.29, 1.82) is 0 Å². The SMILES string of the molecule is O=C(O)C1CCCCCC1N1CCS(=O)CC1. The number of nitrogens with zero attached hydrogens (tertiary/aromatic N) is 1. The van der Waals surface area contributed by atoms with Gasteiger partial charge < -0.3 is 5.11 Å². The van der Waals surface area contributed by atoms with Crippen LogP contribution in [0, 0.1) is 5.92 Å². The third kappa shape index (κ3) is 3.28. The molecule has 0 bridgehead atoms. The standard InChI is InChI=1S/C12H21NO3S/c14-12(15)10-4-2-1-3-5-11(10)13-6-8-17(16)9-7-13/h10-11H,1-9H2,(H,14,15). The van der Waals surface area contributed by atoms with Gasteiger partial charge in [-0.05, 0) is 12.8 Å². The molecule has 4 nitrogen and oxygen atoms in total. The maximum Gasteiger partial charge on any atom is 0.308 e. The van der Waals surface area contributed by atoms with Crippen LogP contribution in [0.2, 0.25) is 0 Å². The first-order valence-electron chi connectivity index (χ1n) is 6.50. The zero-order chi connectivity index (χ0) is 12.3. The average Bonchev–Trinajstić information content (AvgIpc) is 2.55. The summed E-state index contributed by atoms with van der Waals surface area (Å²) >= 11 is 0. The van der Waals surface area contributed by atoms with E-state index in [1.807, 2.05) is 0 Å². The van der Waals surface area contributed by atoms with Gasteiger partial charge in [0.1, 0.15) is 0 Å². The van der Waals surface area contributed by atoms with Crippen LogP contribution in [0.5, 0.6) is 0 Å². The maximum atomic E-state index is 11.3. The Hall–Kier alpha value is -0.420. The molecule has 2 fully saturated rings. The van der Waals surface area contributed by atoms with Crippen LogP contribution < -0.4 is 0 Å². The Morgan fingerprint density at radius 3 is 2.41 bits per heavy atom. The minimum atomic E-state index is -0.681. The molecule has 0 aromatic heterocycles. The molecule has 1 aliphatic heterocycles. The molecule has 1 saturated carbocycles. The molecule has 0 spiro atoms. The maximum absolute atomic E-state index is 11.3. The fourth-order valence-corrected chi connectivity index (χ4v) is 4.08. The van der Waals surface area contributed by atoms with Crippen molar-refractivity contribution in [3.8, 4) is 0 Å². The van der Waals surface area contributed by atoms with Gasteiger partial charge in [-0.1, -0.05) is 19.3 Å². The Morgan fingerprint density at radius 2 is 1.76 bits per heavy atom. The second kappa shape index (κ2) is 5.96. The zero-order valence-corrected chi connectivity index (χ0v) is 11.0. The van der Waals surface area contributed by atoms with Crippen molar-refractivity contribution in [2.75, 3.05) is 24.6 Å². The van der Waals surface area contributed by atoms with Gasteiger partial charge in [0.05, 0.1) is 5.92 Å². The highest BCUT2D eigenvalue weighted by molar-refractivity contribution is 7.85. The highest BCUT2D eigenvalue weighted by Crippen LogP contribution is 2.28. The number of carbonyl (C=O) groups is 1. The van der Waals surface area contributed by atoms with Crippen LogP contribution in [0.4, 0.5) is 0 Å². The number of rotatable bonds is 2. The predicted octanol–water partition coefficient (Wildman–Crippen LogP) is 1.08. The Bertz CT molecular complexity index is 298. The third-order valence-electron chi connectivity index (χ3n) is 3.98. The van der Waals surface area contributed by atoms with E-state index < -0.39 is 16.8 Å². The van der Waals surface area contributed by atoms with Gasteiger partial charge in [0.2, 0.25) is 0 Å². The van der Waals surface area contributed by atoms with Crippen molar-refractivity contribution in [2.24, 2.45) is 5.92 Å². The number of hydrogen-bond donors (Lipinski definition) is 1. The van der Waals surface area contributed by atoms with Gasteiger partial charge in [0.25, 0.3) is 0 Å². The lowest BCUT2D eigenvalue weighted by atomic mass is 9.93. The van der Waals surface area contributed by atoms with Crippen LogP contribution >= 0.6 is 0 Å². The molecule has 2 rings (SSSR count). The van der Waals surface area contributed by atoms with Gasteiger partial charge in [-0.3, -0.25) is 13.9 Å². The molecule has 5 heteroatoms. The molecule has 0 aromatic carbocycles. The van der Waals surface area contributed by atoms with Gasteiger partial charge in [-0.15, -0.1) is 0 Å². The lowest BCUT2D eigenvalue weighted by Gasteiger charge is -2.36. The van der Waals surface area contributed by atoms with Crippen LogP contribution in [-0.2, 0) is 15.6 Å². The van der Waals surface area contributed by atoms with Crippen LogP contribution in [0.15, 0.2) is 0 Å². The van der Waals surface area contributed by atoms with Crippen molar-refractivity contribution in [3.63, 3.8) is 0 Å². The number of carboxylic acid groups (broad SMARTS) is 1. The number of hydrogen-bond acceptors (Lipinski definition) is 3. The number of carboxylic acids is 1. The highest BCUT2D eigenvalue weighted by atomic mass is 32.2. The lowest BCUT2D eigenvalue weighted by molar-refractivity contribution is -0.144. The van der Waals surface area contributed by atoms with Gasteiger partial charge in [0.15, 0.2) is 0 Å². The second-order valence-electron chi connectivity index (χ2n) is 5.03. The van der Waals surface area contributed by atoms with Crippen molar-refractivity contribution < 1.29 is 14.1 Å². The predicted molar refractivity (Wildman–Crippen MR) is 67.4 cm³/mol. The summed E-state index contributed by atoms with van der Waals surface area (Å²) in [7, 11) is -0.681. The fourth-order valence-electron chi connectivity index (χ4n) is 3.00. The summed E-state index contributed by atoms with van der Waals surface area (Å²) in [6, 6.07) is 0.173. The lowest BCUT2D eigenvalue weighted by Crippen LogP contribution is -2.49. The first kappa shape index (κ1) is 13.0. The normalized spacial score (nSPS) is 33.2. The molecular weight excluding hydrogens is 238 g/mol. The van der Waals surface area contributed by atoms with Crippen LogP contribution in [0.3, 0.4) is 0 Å². The van der Waals surface area contributed by atoms with Gasteiger partial charge in [-0.25, -0.2) is 0 Å². The van der Waals surface area contributed by atoms with E-state index in [4.69, 9.17) is 0 Å². The Kier molecular flexibility index (Phi) is 4.56. The molecule has 98 valence electrons. The molecule has 2 unspecified atom stereocenters. The molecule has 1 heterocycles. The summed E-state index contributed by atoms with van der Waals surface area (Å²) in [6.45, 7) is 1.61. The summed E-state index contributed by atoms with van der Waals surface area (Å²) in [5.41, 5.74) is 0. The molecule has 1 saturated heterocycles. The van der Waals surface area contributed by atoms with Crippen LogP contribution in [0.25, 0.3) is 0 Å². The van der Waals surface area contributed by atoms with E-state index in [0.29, 0.717) is 11.5 Å². The van der Waals surface area contributed by atoms with E-state index in [1.165, 1.54) is 0 Å². The first-order chi connectivity index (χ1) is 8.18. The fraction of sp³-hybridized carbons (Fsp3) is 0.917. The molecular formula is C12H21NO3S. The monoisotopic (exact) mass is 259 g/mol. The average molecular weight is 259 g/mol. The van der Waals surface area contributed by atoms with E-state index in [1.54, 1.807) is 0 Å². The number of aliphatic carboxylic acids is 1. The van der Waals surface area contributed by atoms with E-state index in [9.17, 15) is 14.1 Å². The smallest absolute Gasteiger partial charge is 0.308 e. The van der Waals surface area contributed by atoms with Crippen molar-refractivity contribution >= 4 is 16.8 Å². The summed E-state index contributed by atoms with van der Waals surface area (Å²) in [6.07, 6.45) is 5.12. The molecule has 2 aliphatic rings. The summed E-state index contributed by atoms with van der Waals surface area (Å²) in [5.74, 6) is 0.554. The van der Waals surface area contributed by atoms with Crippen molar-refractivity contribution in [2.45, 2.75) is 38.1 Å². The molecule has 1 N–H and O–H groups in total. The van der Waals surface area contributed by atoms with Crippen LogP contribution in [-0.4, -0.2) is 50.8 Å². The molecule has 2 atom stereocenters. The topological polar surface area (TPSA) is 57.6 Å². The summed E-state index contributed by atoms with van der Waals surface area (Å²) in [4.78, 5) is 13.6. The molecule has 1 aliphatic carbocycles. The minimum absolute atomic E-state index is 0.173. The third-order valence-corrected chi connectivity index (χ3v) is 5.25. The Morgan fingerprint density at radius 1 is 1.12 bits per heavy atom. The van der Waals surface area contributed by atoms with Crippen molar-refractivity contribution in [3.05, 3.63) is 0 Å². The summed E-state index contributed by atoms with van der Waals surface area (Å²) < 4.78 is 11.3. The highest BCUT2D eigenvalue weighted by Gasteiger charge is 2.34. The Balaban J connectivity index is 2.03. The minimum Gasteiger partial charge on any atom is -0.481 e. The summed E-state index contributed by atoms with van der Waals surface area (Å²) in [5, 5.41) is 9.33. The van der Waals surface area contributed by atoms with Crippen molar-refractivity contribution in [1.82, 2.24) is 4.90 Å². The van der Waals surface area contributed by atoms with E-state index in [0.717, 1.165) is 45.2 Å². The van der Waals surface area contributed by atoms with E-state index in [-0.39, 0.29) is 12.0 Å². The van der Waals surface area contributed by atoms with Gasteiger partial charge in [0, 0.05) is 41.4 Å². The molecule has 17 heavy (non-hydrogen) atoms. The second-order valence-corrected chi connectivity index (χ2v) is 6.73. The molecule has 0 amide bonds.